The zero-order valence-electron chi connectivity index (χ0n) is 42.3. The zero-order chi connectivity index (χ0) is 57.9. The number of rotatable bonds is 15. The molecule has 1 aliphatic carbocycles. The van der Waals surface area contributed by atoms with Crippen LogP contribution in [0.5, 0.6) is 11.6 Å². The number of anilines is 2. The molecule has 31 nitrogen and oxygen atoms in total. The molecule has 35 heteroatoms. The number of aliphatic hydroxyl groups is 4. The van der Waals surface area contributed by atoms with Gasteiger partial charge >= 0.3 is 25.7 Å². The van der Waals surface area contributed by atoms with Gasteiger partial charge < -0.3 is 69.7 Å². The van der Waals surface area contributed by atoms with Crippen LogP contribution >= 0.6 is 38.1 Å². The summed E-state index contributed by atoms with van der Waals surface area (Å²) in [5.41, 5.74) is 4.84. The van der Waals surface area contributed by atoms with Crippen LogP contribution in [0.4, 0.5) is 16.4 Å². The lowest BCUT2D eigenvalue weighted by Crippen LogP contribution is -2.61. The van der Waals surface area contributed by atoms with Gasteiger partial charge in [0.15, 0.2) is 23.5 Å². The molecule has 436 valence electrons. The Hall–Kier alpha value is -6.13. The highest BCUT2D eigenvalue weighted by Gasteiger charge is 2.52. The van der Waals surface area contributed by atoms with Gasteiger partial charge in [0.2, 0.25) is 24.0 Å². The minimum Gasteiger partial charge on any atom is -0.479 e. The zero-order valence-corrected chi connectivity index (χ0v) is 45.8. The second kappa shape index (κ2) is 25.2. The maximum absolute atomic E-state index is 14.0. The van der Waals surface area contributed by atoms with Crippen molar-refractivity contribution in [2.75, 3.05) is 37.4 Å². The van der Waals surface area contributed by atoms with E-state index in [1.807, 2.05) is 0 Å². The Morgan fingerprint density at radius 1 is 0.914 bits per heavy atom. The molecule has 3 aliphatic heterocycles. The van der Waals surface area contributed by atoms with E-state index in [0.29, 0.717) is 11.1 Å². The summed E-state index contributed by atoms with van der Waals surface area (Å²) in [6.07, 6.45) is -13.7. The van der Waals surface area contributed by atoms with E-state index >= 15 is 0 Å². The third-order valence-corrected chi connectivity index (χ3v) is 16.4. The first-order chi connectivity index (χ1) is 38.6. The lowest BCUT2D eigenvalue weighted by atomic mass is 9.99. The van der Waals surface area contributed by atoms with Crippen molar-refractivity contribution in [3.05, 3.63) is 94.4 Å². The number of aromatic nitrogens is 6. The van der Waals surface area contributed by atoms with E-state index in [0.717, 1.165) is 11.2 Å². The molecule has 3 aromatic heterocycles. The summed E-state index contributed by atoms with van der Waals surface area (Å²) in [6.45, 7) is -10.1. The summed E-state index contributed by atoms with van der Waals surface area (Å²) < 4.78 is 80.4. The number of imidazole rings is 1. The number of hydrogen-bond acceptors (Lipinski definition) is 25. The molecule has 4 fully saturated rings. The van der Waals surface area contributed by atoms with Gasteiger partial charge in [0, 0.05) is 56.7 Å². The minimum atomic E-state index is -4.40. The molecule has 9 rings (SSSR count). The van der Waals surface area contributed by atoms with Gasteiger partial charge in [-0.15, -0.1) is 0 Å². The summed E-state index contributed by atoms with van der Waals surface area (Å²) in [6, 6.07) is 11.8. The molecule has 3 amide bonds. The van der Waals surface area contributed by atoms with Crippen molar-refractivity contribution < 1.29 is 95.6 Å². The molecule has 5 aromatic rings. The van der Waals surface area contributed by atoms with Crippen LogP contribution in [0.2, 0.25) is 0 Å². The number of aliphatic carboxylic acids is 1. The van der Waals surface area contributed by atoms with Crippen molar-refractivity contribution in [3.8, 4) is 11.6 Å². The second-order valence-electron chi connectivity index (χ2n) is 18.8. The molecule has 81 heavy (non-hydrogen) atoms. The van der Waals surface area contributed by atoms with E-state index in [2.05, 4.69) is 60.1 Å². The number of H-pyrrole nitrogens is 1. The highest BCUT2D eigenvalue weighted by atomic mass is 32.7. The third-order valence-electron chi connectivity index (χ3n) is 13.1. The minimum absolute atomic E-state index is 0.0309. The summed E-state index contributed by atoms with van der Waals surface area (Å²) in [7, 11) is 1.39. The van der Waals surface area contributed by atoms with Crippen LogP contribution in [0.25, 0.3) is 11.2 Å². The first-order valence-electron chi connectivity index (χ1n) is 24.6. The van der Waals surface area contributed by atoms with Crippen LogP contribution in [0.3, 0.4) is 0 Å². The number of fused-ring (bicyclic) bond motifs is 4. The number of carboxylic acids is 1. The molecule has 6 heterocycles. The first kappa shape index (κ1) is 59.5. The number of aromatic amines is 1. The molecular weight excluding hydrogens is 1150 g/mol. The summed E-state index contributed by atoms with van der Waals surface area (Å²) in [5.74, 6) is -3.86. The molecule has 0 unspecified atom stereocenters. The number of carbonyl (C=O) groups is 4. The van der Waals surface area contributed by atoms with Gasteiger partial charge in [0.1, 0.15) is 61.4 Å². The monoisotopic (exact) mass is 1210 g/mol. The van der Waals surface area contributed by atoms with Crippen molar-refractivity contribution in [3.63, 3.8) is 0 Å². The molecule has 1 saturated carbocycles. The number of nitrogens with two attached hydrogens (primary N) is 1. The summed E-state index contributed by atoms with van der Waals surface area (Å²) in [4.78, 5) is 85.3. The van der Waals surface area contributed by atoms with Crippen molar-refractivity contribution in [1.82, 2.24) is 34.4 Å². The van der Waals surface area contributed by atoms with Gasteiger partial charge in [-0.25, -0.2) is 33.7 Å². The highest BCUT2D eigenvalue weighted by molar-refractivity contribution is 8.44. The number of thiol groups is 2. The summed E-state index contributed by atoms with van der Waals surface area (Å²) in [5, 5.41) is 57.0. The average molecular weight is 1210 g/mol. The molecule has 10 N–H and O–H groups in total. The number of amides is 3. The van der Waals surface area contributed by atoms with E-state index < -0.39 is 123 Å². The lowest BCUT2D eigenvalue weighted by Gasteiger charge is -2.38. The van der Waals surface area contributed by atoms with Crippen LogP contribution in [-0.2, 0) is 64.2 Å². The first-order valence-corrected chi connectivity index (χ1v) is 30.0. The predicted molar refractivity (Wildman–Crippen MR) is 282 cm³/mol. The predicted octanol–water partition coefficient (Wildman–Crippen LogP) is 1.50. The Labute approximate surface area is 468 Å². The highest BCUT2D eigenvalue weighted by Crippen LogP contribution is 2.60. The lowest BCUT2D eigenvalue weighted by molar-refractivity contribution is -0.271. The number of nitrogens with zero attached hydrogens (tertiary/aromatic N) is 6. The van der Waals surface area contributed by atoms with Crippen molar-refractivity contribution >= 4 is 84.8 Å². The molecule has 0 radical (unpaired) electrons. The molecule has 2 aromatic carbocycles. The van der Waals surface area contributed by atoms with Crippen LogP contribution in [0, 0.1) is 5.92 Å². The molecule has 4 aliphatic rings. The number of nitrogens with one attached hydrogen (secondary N) is 3. The third kappa shape index (κ3) is 14.0. The van der Waals surface area contributed by atoms with Gasteiger partial charge in [-0.1, -0.05) is 48.8 Å². The van der Waals surface area contributed by atoms with Gasteiger partial charge in [0.25, 0.3) is 11.5 Å². The van der Waals surface area contributed by atoms with Crippen molar-refractivity contribution in [1.29, 1.82) is 0 Å². The summed E-state index contributed by atoms with van der Waals surface area (Å²) >= 11 is 8.39. The van der Waals surface area contributed by atoms with Crippen molar-refractivity contribution in [2.45, 2.75) is 99.9 Å². The van der Waals surface area contributed by atoms with E-state index in [1.165, 1.54) is 48.4 Å². The normalized spacial score (nSPS) is 30.4. The maximum atomic E-state index is 14.0. The van der Waals surface area contributed by atoms with Crippen LogP contribution in [0.1, 0.15) is 47.0 Å². The number of hydrogen-bond donors (Lipinski definition) is 11. The van der Waals surface area contributed by atoms with Gasteiger partial charge in [0.05, 0.1) is 31.3 Å². The SMILES string of the molecule is CN(Cc1ccccc1C(=O)Nc1nc2c(ncn2[C@@H]2O[C@@H]3CO[P@@](=O)(S)O[C@H]4C[C@H](Oc5ccncn5)C[C@@H]4CO[P@@](=O)(S)O[C@@H]2[C@@H]3O)c(=O)[nH]1)C(=O)OCc1ccc(O[C@@H]2O[C@H](C(=O)O)[C@@H](O)[C@H](O)[C@H]2O)c(NC(=O)CCN)c1. The van der Waals surface area contributed by atoms with Gasteiger partial charge in [-0.05, 0) is 35.7 Å². The largest absolute Gasteiger partial charge is 0.479 e. The number of aliphatic hydroxyl groups excluding tert-OH is 4. The number of carbonyl (C=O) groups excluding carboxylic acids is 3. The maximum Gasteiger partial charge on any atom is 0.410 e. The van der Waals surface area contributed by atoms with Crippen LogP contribution < -0.4 is 31.4 Å². The quantitative estimate of drug-likeness (QED) is 0.0522. The fourth-order valence-corrected chi connectivity index (χ4v) is 12.2. The molecule has 14 atom stereocenters. The van der Waals surface area contributed by atoms with E-state index in [9.17, 15) is 58.6 Å². The molecule has 2 bridgehead atoms. The van der Waals surface area contributed by atoms with Crippen LogP contribution in [-0.4, -0.2) is 172 Å². The van der Waals surface area contributed by atoms with E-state index in [-0.39, 0.29) is 85.6 Å². The number of benzene rings is 2. The fraction of sp³-hybridized carbons (Fsp3) is 0.457. The Balaban J connectivity index is 0.868. The topological polar surface area (TPSA) is 429 Å². The van der Waals surface area contributed by atoms with Crippen molar-refractivity contribution in [2.24, 2.45) is 11.7 Å². The van der Waals surface area contributed by atoms with E-state index in [1.54, 1.807) is 24.3 Å². The smallest absolute Gasteiger partial charge is 0.410 e. The second-order valence-corrected chi connectivity index (χ2v) is 24.6. The molecule has 0 spiro atoms. The van der Waals surface area contributed by atoms with Gasteiger partial charge in [-0.3, -0.25) is 42.8 Å². The average Bonchev–Trinajstić information content (AvgIpc) is 3.93. The molecular formula is C46H54N10O21P2S2. The van der Waals surface area contributed by atoms with E-state index in [4.69, 9.17) is 47.5 Å². The Morgan fingerprint density at radius 2 is 1.68 bits per heavy atom. The van der Waals surface area contributed by atoms with Crippen LogP contribution in [0.15, 0.2) is 72.2 Å². The van der Waals surface area contributed by atoms with Gasteiger partial charge in [-0.2, -0.15) is 4.98 Å². The Morgan fingerprint density at radius 3 is 2.43 bits per heavy atom. The fourth-order valence-electron chi connectivity index (χ4n) is 9.18. The molecule has 3 saturated heterocycles. The number of carboxylic acid groups (broad SMARTS) is 1. The Kier molecular flexibility index (Phi) is 18.5. The Bertz CT molecular complexity index is 3300. The number of ether oxygens (including phenoxy) is 5. The standard InChI is InChI=1S/C46H54N10O21P2S2/c1-55(46(66)69-16-21-6-7-27(26(12-21)51-30(57)8-10-47)74-44-36(61)34(59)35(60)38(75-44)43(64)65)15-22-4-2-3-5-25(22)40(62)53-45-52-39-32(41(63)54-45)50-20-56(39)42-37-33(58)29(73-42)18-71-78(67,80)76-28-14-24(72-31-9-11-48-19-49-31)13-23(28)17-70-79(68,81)77-37/h2-7,9,11-12,19-20,23-24,28-29,33-38,42,44,58-61H,8,10,13-18,47H2,1H3,(H,51,57)(H,64,65)(H,67,80)(H,68,81)(H2,52,53,54,62,63)/t23-,24-,28+,29-,33-,34+,35+,36-,37-,38+,42-,44-,78-,79-/m1/s1.